The number of nitrogens with zero attached hydrogens (tertiary/aromatic N) is 2. The SMILES string of the molecule is CC(C)NC(=O)c1c(N)nsc1N(CCO)CCO. The number of aromatic nitrogens is 1. The lowest BCUT2D eigenvalue weighted by Gasteiger charge is -2.22. The molecular formula is C11H20N4O3S. The summed E-state index contributed by atoms with van der Waals surface area (Å²) in [6, 6.07) is -0.0104. The van der Waals surface area contributed by atoms with Crippen LogP contribution in [-0.2, 0) is 0 Å². The van der Waals surface area contributed by atoms with Crippen LogP contribution in [0.2, 0.25) is 0 Å². The molecule has 8 heteroatoms. The van der Waals surface area contributed by atoms with Crippen LogP contribution >= 0.6 is 11.5 Å². The summed E-state index contributed by atoms with van der Waals surface area (Å²) in [5.74, 6) is -0.129. The average Bonchev–Trinajstić information content (AvgIpc) is 2.70. The standard InChI is InChI=1S/C11H20N4O3S/c1-7(2)13-10(18)8-9(12)14-19-11(8)15(3-5-16)4-6-17/h7,16-17H,3-6H2,1-2H3,(H2,12,14)(H,13,18). The van der Waals surface area contributed by atoms with Gasteiger partial charge in [0.25, 0.3) is 5.91 Å². The van der Waals surface area contributed by atoms with Gasteiger partial charge in [-0.25, -0.2) is 0 Å². The molecule has 5 N–H and O–H groups in total. The van der Waals surface area contributed by atoms with Crippen molar-refractivity contribution in [1.82, 2.24) is 9.69 Å². The van der Waals surface area contributed by atoms with Gasteiger partial charge >= 0.3 is 0 Å². The number of aliphatic hydroxyl groups excluding tert-OH is 2. The first-order valence-corrected chi connectivity index (χ1v) is 6.81. The summed E-state index contributed by atoms with van der Waals surface area (Å²) in [5, 5.41) is 21.4. The monoisotopic (exact) mass is 288 g/mol. The molecule has 1 heterocycles. The van der Waals surface area contributed by atoms with Gasteiger partial charge in [-0.3, -0.25) is 4.79 Å². The number of carbonyl (C=O) groups is 1. The number of hydrogen-bond donors (Lipinski definition) is 4. The summed E-state index contributed by atoms with van der Waals surface area (Å²) in [4.78, 5) is 13.8. The van der Waals surface area contributed by atoms with Gasteiger partial charge in [-0.1, -0.05) is 0 Å². The van der Waals surface area contributed by atoms with E-state index in [0.29, 0.717) is 23.7 Å². The van der Waals surface area contributed by atoms with Gasteiger partial charge in [0.1, 0.15) is 10.6 Å². The number of nitrogen functional groups attached to an aromatic ring is 1. The summed E-state index contributed by atoms with van der Waals surface area (Å²) in [5.41, 5.74) is 6.04. The maximum absolute atomic E-state index is 12.1. The third-order valence-electron chi connectivity index (χ3n) is 2.37. The zero-order valence-corrected chi connectivity index (χ0v) is 11.9. The number of aliphatic hydroxyl groups is 2. The summed E-state index contributed by atoms with van der Waals surface area (Å²) < 4.78 is 3.98. The number of rotatable bonds is 7. The summed E-state index contributed by atoms with van der Waals surface area (Å²) in [6.45, 7) is 4.17. The van der Waals surface area contributed by atoms with Gasteiger partial charge in [0.05, 0.1) is 13.2 Å². The van der Waals surface area contributed by atoms with Crippen molar-refractivity contribution >= 4 is 28.3 Å². The minimum absolute atomic E-state index is 0.0104. The molecule has 0 radical (unpaired) electrons. The Morgan fingerprint density at radius 3 is 2.47 bits per heavy atom. The Balaban J connectivity index is 3.03. The summed E-state index contributed by atoms with van der Waals surface area (Å²) >= 11 is 1.09. The molecule has 0 atom stereocenters. The number of carbonyl (C=O) groups excluding carboxylic acids is 1. The first-order chi connectivity index (χ1) is 9.01. The predicted molar refractivity (Wildman–Crippen MR) is 75.5 cm³/mol. The molecule has 0 aromatic carbocycles. The number of nitrogens with two attached hydrogens (primary N) is 1. The number of amides is 1. The largest absolute Gasteiger partial charge is 0.395 e. The Hall–Kier alpha value is -1.38. The van der Waals surface area contributed by atoms with Crippen LogP contribution in [0.5, 0.6) is 0 Å². The molecule has 1 rings (SSSR count). The molecule has 0 aliphatic rings. The molecule has 19 heavy (non-hydrogen) atoms. The van der Waals surface area contributed by atoms with E-state index in [1.165, 1.54) is 0 Å². The van der Waals surface area contributed by atoms with E-state index in [1.54, 1.807) is 4.90 Å². The van der Waals surface area contributed by atoms with Gasteiger partial charge in [0, 0.05) is 19.1 Å². The Labute approximate surface area is 116 Å². The van der Waals surface area contributed by atoms with E-state index in [1.807, 2.05) is 13.8 Å². The molecule has 0 bridgehead atoms. The Morgan fingerprint density at radius 1 is 1.42 bits per heavy atom. The number of anilines is 2. The molecule has 108 valence electrons. The van der Waals surface area contributed by atoms with Crippen molar-refractivity contribution in [2.75, 3.05) is 36.9 Å². The fourth-order valence-corrected chi connectivity index (χ4v) is 2.48. The third-order valence-corrected chi connectivity index (χ3v) is 3.30. The fourth-order valence-electron chi connectivity index (χ4n) is 1.61. The lowest BCUT2D eigenvalue weighted by atomic mass is 10.2. The Morgan fingerprint density at radius 2 is 2.00 bits per heavy atom. The van der Waals surface area contributed by atoms with Crippen LogP contribution in [0.4, 0.5) is 10.8 Å². The predicted octanol–water partition coefficient (Wildman–Crippen LogP) is -0.345. The molecule has 0 saturated heterocycles. The van der Waals surface area contributed by atoms with E-state index in [9.17, 15) is 4.79 Å². The van der Waals surface area contributed by atoms with Crippen LogP contribution in [0.25, 0.3) is 0 Å². The highest BCUT2D eigenvalue weighted by Gasteiger charge is 2.23. The highest BCUT2D eigenvalue weighted by Crippen LogP contribution is 2.30. The summed E-state index contributed by atoms with van der Waals surface area (Å²) in [7, 11) is 0. The van der Waals surface area contributed by atoms with Crippen molar-refractivity contribution in [3.8, 4) is 0 Å². The van der Waals surface area contributed by atoms with Gasteiger partial charge in [-0.2, -0.15) is 4.37 Å². The molecule has 0 saturated carbocycles. The molecule has 0 aliphatic carbocycles. The Kier molecular flexibility index (Phi) is 6.00. The smallest absolute Gasteiger partial charge is 0.258 e. The molecule has 0 aliphatic heterocycles. The summed E-state index contributed by atoms with van der Waals surface area (Å²) in [6.07, 6.45) is 0. The minimum atomic E-state index is -0.294. The van der Waals surface area contributed by atoms with E-state index >= 15 is 0 Å². The zero-order valence-electron chi connectivity index (χ0n) is 11.1. The molecule has 1 amide bonds. The van der Waals surface area contributed by atoms with Crippen LogP contribution in [0.3, 0.4) is 0 Å². The van der Waals surface area contributed by atoms with Crippen LogP contribution in [0.15, 0.2) is 0 Å². The molecule has 1 aromatic rings. The first-order valence-electron chi connectivity index (χ1n) is 6.03. The zero-order chi connectivity index (χ0) is 14.4. The molecular weight excluding hydrogens is 268 g/mol. The lowest BCUT2D eigenvalue weighted by Crippen LogP contribution is -2.34. The number of nitrogens with one attached hydrogen (secondary N) is 1. The highest BCUT2D eigenvalue weighted by atomic mass is 32.1. The van der Waals surface area contributed by atoms with Crippen molar-refractivity contribution in [2.24, 2.45) is 0 Å². The van der Waals surface area contributed by atoms with E-state index in [2.05, 4.69) is 9.69 Å². The van der Waals surface area contributed by atoms with Crippen LogP contribution in [-0.4, -0.2) is 52.8 Å². The molecule has 7 nitrogen and oxygen atoms in total. The normalized spacial score (nSPS) is 10.8. The maximum Gasteiger partial charge on any atom is 0.258 e. The number of hydrogen-bond acceptors (Lipinski definition) is 7. The second kappa shape index (κ2) is 7.27. The molecule has 0 unspecified atom stereocenters. The minimum Gasteiger partial charge on any atom is -0.395 e. The van der Waals surface area contributed by atoms with Gasteiger partial charge in [0.2, 0.25) is 0 Å². The Bertz CT molecular complexity index is 416. The molecule has 0 fully saturated rings. The van der Waals surface area contributed by atoms with Crippen molar-refractivity contribution in [1.29, 1.82) is 0 Å². The first kappa shape index (κ1) is 15.7. The van der Waals surface area contributed by atoms with Gasteiger partial charge in [-0.05, 0) is 25.4 Å². The topological polar surface area (TPSA) is 112 Å². The van der Waals surface area contributed by atoms with E-state index < -0.39 is 0 Å². The van der Waals surface area contributed by atoms with Crippen LogP contribution in [0, 0.1) is 0 Å². The van der Waals surface area contributed by atoms with E-state index in [4.69, 9.17) is 15.9 Å². The second-order valence-electron chi connectivity index (χ2n) is 4.31. The fraction of sp³-hybridized carbons (Fsp3) is 0.636. The maximum atomic E-state index is 12.1. The second-order valence-corrected chi connectivity index (χ2v) is 5.06. The third kappa shape index (κ3) is 4.05. The highest BCUT2D eigenvalue weighted by molar-refractivity contribution is 7.11. The van der Waals surface area contributed by atoms with Crippen molar-refractivity contribution < 1.29 is 15.0 Å². The molecule has 1 aromatic heterocycles. The average molecular weight is 288 g/mol. The van der Waals surface area contributed by atoms with Gasteiger partial charge < -0.3 is 26.2 Å². The van der Waals surface area contributed by atoms with Crippen LogP contribution < -0.4 is 16.0 Å². The van der Waals surface area contributed by atoms with Crippen molar-refractivity contribution in [3.05, 3.63) is 5.56 Å². The van der Waals surface area contributed by atoms with Gasteiger partial charge in [0.15, 0.2) is 5.82 Å². The van der Waals surface area contributed by atoms with Gasteiger partial charge in [-0.15, -0.1) is 0 Å². The van der Waals surface area contributed by atoms with E-state index in [0.717, 1.165) is 11.5 Å². The van der Waals surface area contributed by atoms with Crippen molar-refractivity contribution in [2.45, 2.75) is 19.9 Å². The van der Waals surface area contributed by atoms with Crippen LogP contribution in [0.1, 0.15) is 24.2 Å². The van der Waals surface area contributed by atoms with E-state index in [-0.39, 0.29) is 31.0 Å². The van der Waals surface area contributed by atoms with Crippen molar-refractivity contribution in [3.63, 3.8) is 0 Å². The lowest BCUT2D eigenvalue weighted by molar-refractivity contribution is 0.0944. The molecule has 0 spiro atoms. The quantitative estimate of drug-likeness (QED) is 0.546.